The summed E-state index contributed by atoms with van der Waals surface area (Å²) in [5, 5.41) is 25.2. The number of morpholine rings is 1. The molecule has 24 heavy (non-hydrogen) atoms. The number of alkyl carbamates (subject to hydrolysis) is 1. The molecule has 2 atom stereocenters. The van der Waals surface area contributed by atoms with Crippen molar-refractivity contribution in [2.45, 2.75) is 38.6 Å². The fraction of sp³-hybridized carbons (Fsp3) is 0.733. The molecule has 1 aromatic heterocycles. The summed E-state index contributed by atoms with van der Waals surface area (Å²) in [5.41, 5.74) is -0.227. The fourth-order valence-corrected chi connectivity index (χ4v) is 3.03. The van der Waals surface area contributed by atoms with E-state index in [-0.39, 0.29) is 6.54 Å². The monoisotopic (exact) mass is 359 g/mol. The Labute approximate surface area is 145 Å². The average Bonchev–Trinajstić information content (AvgIpc) is 3.01. The molecule has 2 rings (SSSR count). The molecule has 3 N–H and O–H groups in total. The second-order valence-corrected chi connectivity index (χ2v) is 7.39. The van der Waals surface area contributed by atoms with Gasteiger partial charge in [-0.2, -0.15) is 0 Å². The van der Waals surface area contributed by atoms with Crippen molar-refractivity contribution in [1.82, 2.24) is 10.3 Å². The number of aliphatic hydroxyl groups is 2. The Morgan fingerprint density at radius 1 is 1.46 bits per heavy atom. The number of carbonyl (C=O) groups is 1. The zero-order chi connectivity index (χ0) is 17.7. The lowest BCUT2D eigenvalue weighted by atomic mass is 10.1. The van der Waals surface area contributed by atoms with Crippen molar-refractivity contribution in [2.75, 3.05) is 37.7 Å². The predicted molar refractivity (Wildman–Crippen MR) is 90.3 cm³/mol. The number of ether oxygens (including phenoxy) is 2. The van der Waals surface area contributed by atoms with Crippen LogP contribution < -0.4 is 10.2 Å². The van der Waals surface area contributed by atoms with Gasteiger partial charge in [0.15, 0.2) is 5.13 Å². The van der Waals surface area contributed by atoms with Crippen molar-refractivity contribution >= 4 is 22.6 Å². The number of carbonyl (C=O) groups excluding carboxylic acids is 1. The lowest BCUT2D eigenvalue weighted by molar-refractivity contribution is 0.0112. The van der Waals surface area contributed by atoms with Crippen LogP contribution in [0.1, 0.15) is 32.6 Å². The van der Waals surface area contributed by atoms with E-state index in [0.29, 0.717) is 18.9 Å². The van der Waals surface area contributed by atoms with Crippen molar-refractivity contribution in [1.29, 1.82) is 0 Å². The van der Waals surface area contributed by atoms with Crippen molar-refractivity contribution in [3.8, 4) is 0 Å². The predicted octanol–water partition coefficient (Wildman–Crippen LogP) is 0.899. The summed E-state index contributed by atoms with van der Waals surface area (Å²) >= 11 is 1.41. The second-order valence-electron chi connectivity index (χ2n) is 6.55. The molecule has 1 saturated heterocycles. The summed E-state index contributed by atoms with van der Waals surface area (Å²) in [5.74, 6) is 0. The lowest BCUT2D eigenvalue weighted by Crippen LogP contribution is -2.39. The molecule has 0 bridgehead atoms. The van der Waals surface area contributed by atoms with E-state index in [1.807, 2.05) is 0 Å². The topological polar surface area (TPSA) is 104 Å². The van der Waals surface area contributed by atoms with Gasteiger partial charge in [0, 0.05) is 25.0 Å². The van der Waals surface area contributed by atoms with Gasteiger partial charge >= 0.3 is 6.09 Å². The summed E-state index contributed by atoms with van der Waals surface area (Å²) in [4.78, 5) is 18.0. The van der Waals surface area contributed by atoms with E-state index in [0.717, 1.165) is 18.2 Å². The highest BCUT2D eigenvalue weighted by Gasteiger charge is 2.24. The Morgan fingerprint density at radius 2 is 2.12 bits per heavy atom. The Balaban J connectivity index is 1.85. The minimum atomic E-state index is -1.18. The van der Waals surface area contributed by atoms with Crippen molar-refractivity contribution in [3.05, 3.63) is 11.1 Å². The number of aromatic nitrogens is 1. The summed E-state index contributed by atoms with van der Waals surface area (Å²) in [6, 6.07) is 0. The van der Waals surface area contributed by atoms with Gasteiger partial charge in [-0.3, -0.25) is 0 Å². The first kappa shape index (κ1) is 18.9. The van der Waals surface area contributed by atoms with E-state index >= 15 is 0 Å². The van der Waals surface area contributed by atoms with E-state index < -0.39 is 23.9 Å². The number of thiazole rings is 1. The summed E-state index contributed by atoms with van der Waals surface area (Å²) in [6.07, 6.45) is -2.98. The summed E-state index contributed by atoms with van der Waals surface area (Å²) in [6.45, 7) is 7.94. The number of nitrogens with one attached hydrogen (secondary N) is 1. The molecule has 136 valence electrons. The minimum absolute atomic E-state index is 0.125. The van der Waals surface area contributed by atoms with E-state index in [1.165, 1.54) is 11.3 Å². The molecular formula is C15H25N3O5S. The van der Waals surface area contributed by atoms with E-state index in [9.17, 15) is 15.0 Å². The molecule has 1 amide bonds. The Hall–Kier alpha value is -1.42. The number of rotatable bonds is 5. The third kappa shape index (κ3) is 5.59. The van der Waals surface area contributed by atoms with E-state index in [1.54, 1.807) is 26.2 Å². The lowest BCUT2D eigenvalue weighted by Gasteiger charge is -2.26. The molecule has 1 aliphatic heterocycles. The number of anilines is 1. The number of aliphatic hydroxyl groups excluding tert-OH is 2. The van der Waals surface area contributed by atoms with Crippen LogP contribution in [0.15, 0.2) is 5.38 Å². The van der Waals surface area contributed by atoms with Crippen molar-refractivity contribution in [2.24, 2.45) is 0 Å². The highest BCUT2D eigenvalue weighted by molar-refractivity contribution is 7.13. The molecule has 0 spiro atoms. The Bertz CT molecular complexity index is 539. The maximum atomic E-state index is 11.6. The summed E-state index contributed by atoms with van der Waals surface area (Å²) < 4.78 is 10.4. The van der Waals surface area contributed by atoms with Crippen molar-refractivity contribution in [3.63, 3.8) is 0 Å². The van der Waals surface area contributed by atoms with Crippen molar-refractivity contribution < 1.29 is 24.5 Å². The first-order valence-electron chi connectivity index (χ1n) is 7.87. The van der Waals surface area contributed by atoms with Gasteiger partial charge in [-0.1, -0.05) is 0 Å². The van der Waals surface area contributed by atoms with Crippen LogP contribution in [-0.4, -0.2) is 65.8 Å². The molecular weight excluding hydrogens is 334 g/mol. The molecule has 1 fully saturated rings. The molecule has 8 nitrogen and oxygen atoms in total. The molecule has 0 saturated carbocycles. The number of nitrogens with zero attached hydrogens (tertiary/aromatic N) is 2. The number of hydrogen-bond donors (Lipinski definition) is 3. The van der Waals surface area contributed by atoms with Crippen LogP contribution in [0.3, 0.4) is 0 Å². The highest BCUT2D eigenvalue weighted by Crippen LogP contribution is 2.26. The van der Waals surface area contributed by atoms with Gasteiger partial charge < -0.3 is 29.9 Å². The zero-order valence-electron chi connectivity index (χ0n) is 14.2. The molecule has 0 aliphatic carbocycles. The van der Waals surface area contributed by atoms with Gasteiger partial charge in [0.1, 0.15) is 17.8 Å². The van der Waals surface area contributed by atoms with Crippen LogP contribution in [0.2, 0.25) is 0 Å². The maximum absolute atomic E-state index is 11.6. The van der Waals surface area contributed by atoms with Gasteiger partial charge in [0.05, 0.1) is 18.9 Å². The van der Waals surface area contributed by atoms with E-state index in [2.05, 4.69) is 15.2 Å². The van der Waals surface area contributed by atoms with Gasteiger partial charge in [-0.15, -0.1) is 11.3 Å². The third-order valence-corrected chi connectivity index (χ3v) is 4.23. The third-order valence-electron chi connectivity index (χ3n) is 3.31. The minimum Gasteiger partial charge on any atom is -0.444 e. The van der Waals surface area contributed by atoms with Gasteiger partial charge in [0.2, 0.25) is 0 Å². The molecule has 1 aromatic rings. The van der Waals surface area contributed by atoms with Crippen LogP contribution in [0.4, 0.5) is 9.93 Å². The van der Waals surface area contributed by atoms with Crippen LogP contribution in [0.5, 0.6) is 0 Å². The van der Waals surface area contributed by atoms with Gasteiger partial charge in [0.25, 0.3) is 0 Å². The smallest absolute Gasteiger partial charge is 0.407 e. The van der Waals surface area contributed by atoms with E-state index in [4.69, 9.17) is 9.47 Å². The van der Waals surface area contributed by atoms with Gasteiger partial charge in [-0.25, -0.2) is 9.78 Å². The molecule has 2 unspecified atom stereocenters. The quantitative estimate of drug-likeness (QED) is 0.717. The highest BCUT2D eigenvalue weighted by atomic mass is 32.1. The molecule has 9 heteroatoms. The molecule has 1 aliphatic rings. The Kier molecular flexibility index (Phi) is 6.39. The average molecular weight is 359 g/mol. The fourth-order valence-electron chi connectivity index (χ4n) is 2.12. The SMILES string of the molecule is CC(C)(C)OC(=O)NCC(O)C(O)c1csc(N2CCOCC2)n1. The second kappa shape index (κ2) is 8.11. The first-order chi connectivity index (χ1) is 11.3. The number of amides is 1. The van der Waals surface area contributed by atoms with Crippen LogP contribution in [0.25, 0.3) is 0 Å². The Morgan fingerprint density at radius 3 is 2.75 bits per heavy atom. The molecule has 0 radical (unpaired) electrons. The van der Waals surface area contributed by atoms with Crippen LogP contribution in [-0.2, 0) is 9.47 Å². The zero-order valence-corrected chi connectivity index (χ0v) is 15.0. The van der Waals surface area contributed by atoms with Gasteiger partial charge in [-0.05, 0) is 20.8 Å². The summed E-state index contributed by atoms with van der Waals surface area (Å²) in [7, 11) is 0. The molecule has 2 heterocycles. The number of hydrogen-bond acceptors (Lipinski definition) is 8. The maximum Gasteiger partial charge on any atom is 0.407 e. The molecule has 0 aromatic carbocycles. The van der Waals surface area contributed by atoms with Crippen LogP contribution >= 0.6 is 11.3 Å². The van der Waals surface area contributed by atoms with Crippen LogP contribution in [0, 0.1) is 0 Å². The first-order valence-corrected chi connectivity index (χ1v) is 8.75. The standard InChI is InChI=1S/C15H25N3O5S/c1-15(2,3)23-14(21)16-8-11(19)12(20)10-9-24-13(17-10)18-4-6-22-7-5-18/h9,11-12,19-20H,4-8H2,1-3H3,(H,16,21). The largest absolute Gasteiger partial charge is 0.444 e. The normalized spacial score (nSPS) is 18.1.